The lowest BCUT2D eigenvalue weighted by Crippen LogP contribution is -2.37. The second kappa shape index (κ2) is 6.50. The number of carbonyl (C=O) groups excluding carboxylic acids is 1. The lowest BCUT2D eigenvalue weighted by atomic mass is 9.97. The zero-order valence-corrected chi connectivity index (χ0v) is 10.9. The lowest BCUT2D eigenvalue weighted by Gasteiger charge is -2.27. The van der Waals surface area contributed by atoms with Crippen molar-refractivity contribution in [2.75, 3.05) is 26.7 Å². The number of nitrogens with zero attached hydrogens (tertiary/aromatic N) is 2. The zero-order chi connectivity index (χ0) is 12.8. The van der Waals surface area contributed by atoms with Crippen LogP contribution in [0, 0.1) is 5.92 Å². The number of hydrogen-bond donors (Lipinski definition) is 1. The Balaban J connectivity index is 1.81. The second-order valence-corrected chi connectivity index (χ2v) is 5.00. The first-order valence-corrected chi connectivity index (χ1v) is 6.59. The molecule has 98 valence electrons. The fraction of sp³-hybridized carbons (Fsp3) is 0.571. The summed E-state index contributed by atoms with van der Waals surface area (Å²) in [6.45, 7) is 3.04. The Morgan fingerprint density at radius 1 is 1.39 bits per heavy atom. The summed E-state index contributed by atoms with van der Waals surface area (Å²) in [6.07, 6.45) is 6.29. The summed E-state index contributed by atoms with van der Waals surface area (Å²) >= 11 is 0. The monoisotopic (exact) mass is 247 g/mol. The van der Waals surface area contributed by atoms with Crippen LogP contribution in [-0.4, -0.2) is 42.5 Å². The summed E-state index contributed by atoms with van der Waals surface area (Å²) in [7, 11) is 1.91. The number of pyridine rings is 1. The average Bonchev–Trinajstić information content (AvgIpc) is 2.41. The van der Waals surface area contributed by atoms with Crippen LogP contribution in [0.2, 0.25) is 0 Å². The molecule has 4 nitrogen and oxygen atoms in total. The first-order valence-electron chi connectivity index (χ1n) is 6.59. The second-order valence-electron chi connectivity index (χ2n) is 5.00. The minimum Gasteiger partial charge on any atom is -0.345 e. The lowest BCUT2D eigenvalue weighted by molar-refractivity contribution is -0.129. The molecule has 1 aromatic rings. The van der Waals surface area contributed by atoms with Gasteiger partial charge in [-0.2, -0.15) is 0 Å². The Hall–Kier alpha value is -1.42. The average molecular weight is 247 g/mol. The van der Waals surface area contributed by atoms with Crippen LogP contribution in [0.1, 0.15) is 18.4 Å². The number of rotatable bonds is 4. The van der Waals surface area contributed by atoms with Gasteiger partial charge in [0.2, 0.25) is 5.91 Å². The summed E-state index contributed by atoms with van der Waals surface area (Å²) in [5, 5.41) is 3.35. The molecule has 0 unspecified atom stereocenters. The third kappa shape index (κ3) is 3.81. The van der Waals surface area contributed by atoms with Gasteiger partial charge in [0, 0.05) is 26.0 Å². The summed E-state index contributed by atoms with van der Waals surface area (Å²) in [5.41, 5.74) is 1.03. The number of nitrogens with one attached hydrogen (secondary N) is 1. The number of aromatic nitrogens is 1. The third-order valence-electron chi connectivity index (χ3n) is 3.52. The Labute approximate surface area is 108 Å². The molecule has 2 heterocycles. The van der Waals surface area contributed by atoms with Crippen molar-refractivity contribution in [3.8, 4) is 0 Å². The van der Waals surface area contributed by atoms with Gasteiger partial charge in [-0.3, -0.25) is 9.78 Å². The molecule has 0 atom stereocenters. The van der Waals surface area contributed by atoms with E-state index in [2.05, 4.69) is 10.3 Å². The van der Waals surface area contributed by atoms with Crippen LogP contribution in [0.5, 0.6) is 0 Å². The molecule has 4 heteroatoms. The molecule has 1 aliphatic rings. The van der Waals surface area contributed by atoms with Crippen LogP contribution in [0.25, 0.3) is 0 Å². The third-order valence-corrected chi connectivity index (χ3v) is 3.52. The molecule has 2 rings (SSSR count). The highest BCUT2D eigenvalue weighted by Crippen LogP contribution is 2.13. The van der Waals surface area contributed by atoms with Gasteiger partial charge >= 0.3 is 0 Å². The molecule has 0 aromatic carbocycles. The van der Waals surface area contributed by atoms with E-state index < -0.39 is 0 Å². The maximum atomic E-state index is 12.1. The zero-order valence-electron chi connectivity index (χ0n) is 10.9. The Kier molecular flexibility index (Phi) is 4.70. The molecule has 0 spiro atoms. The van der Waals surface area contributed by atoms with Crippen LogP contribution >= 0.6 is 0 Å². The summed E-state index contributed by atoms with van der Waals surface area (Å²) in [5.74, 6) is 0.845. The molecule has 1 aliphatic heterocycles. The van der Waals surface area contributed by atoms with Crippen LogP contribution in [0.15, 0.2) is 24.5 Å². The largest absolute Gasteiger partial charge is 0.345 e. The van der Waals surface area contributed by atoms with Crippen molar-refractivity contribution in [2.45, 2.75) is 19.3 Å². The molecule has 0 aliphatic carbocycles. The highest BCUT2D eigenvalue weighted by Gasteiger charge is 2.17. The molecule has 1 N–H and O–H groups in total. The number of hydrogen-bond acceptors (Lipinski definition) is 3. The van der Waals surface area contributed by atoms with E-state index >= 15 is 0 Å². The van der Waals surface area contributed by atoms with Crippen molar-refractivity contribution in [1.82, 2.24) is 15.2 Å². The van der Waals surface area contributed by atoms with Gasteiger partial charge in [0.1, 0.15) is 0 Å². The van der Waals surface area contributed by atoms with Gasteiger partial charge in [-0.25, -0.2) is 0 Å². The van der Waals surface area contributed by atoms with Gasteiger partial charge in [0.15, 0.2) is 0 Å². The molecule has 1 aromatic heterocycles. The Morgan fingerprint density at radius 3 is 2.72 bits per heavy atom. The van der Waals surface area contributed by atoms with Crippen LogP contribution < -0.4 is 5.32 Å². The normalized spacial score (nSPS) is 16.5. The fourth-order valence-corrected chi connectivity index (χ4v) is 2.36. The van der Waals surface area contributed by atoms with Crippen molar-refractivity contribution in [3.63, 3.8) is 0 Å². The molecule has 0 bridgehead atoms. The highest BCUT2D eigenvalue weighted by atomic mass is 16.2. The first-order chi connectivity index (χ1) is 8.75. The molecule has 1 amide bonds. The maximum Gasteiger partial charge on any atom is 0.226 e. The van der Waals surface area contributed by atoms with E-state index in [4.69, 9.17) is 0 Å². The minimum atomic E-state index is 0.194. The topological polar surface area (TPSA) is 45.2 Å². The van der Waals surface area contributed by atoms with E-state index in [0.29, 0.717) is 12.3 Å². The summed E-state index contributed by atoms with van der Waals surface area (Å²) in [4.78, 5) is 17.9. The standard InChI is InChI=1S/C14H21N3O/c1-17(11-13-4-8-16-9-5-13)14(18)10-12-2-6-15-7-3-12/h2-3,6-7,13,16H,4-5,8-11H2,1H3. The van der Waals surface area contributed by atoms with Crippen LogP contribution in [0.4, 0.5) is 0 Å². The quantitative estimate of drug-likeness (QED) is 0.866. The van der Waals surface area contributed by atoms with E-state index in [1.54, 1.807) is 12.4 Å². The van der Waals surface area contributed by atoms with E-state index in [9.17, 15) is 4.79 Å². The molecular weight excluding hydrogens is 226 g/mol. The minimum absolute atomic E-state index is 0.194. The smallest absolute Gasteiger partial charge is 0.226 e. The van der Waals surface area contributed by atoms with E-state index in [0.717, 1.165) is 25.2 Å². The van der Waals surface area contributed by atoms with Crippen molar-refractivity contribution < 1.29 is 4.79 Å². The highest BCUT2D eigenvalue weighted by molar-refractivity contribution is 5.78. The SMILES string of the molecule is CN(CC1CCNCC1)C(=O)Cc1ccncc1. The first kappa shape index (κ1) is 13.0. The van der Waals surface area contributed by atoms with Crippen molar-refractivity contribution in [1.29, 1.82) is 0 Å². The van der Waals surface area contributed by atoms with Crippen molar-refractivity contribution >= 4 is 5.91 Å². The van der Waals surface area contributed by atoms with Gasteiger partial charge in [0.05, 0.1) is 6.42 Å². The van der Waals surface area contributed by atoms with Gasteiger partial charge in [-0.05, 0) is 49.5 Å². The maximum absolute atomic E-state index is 12.1. The summed E-state index contributed by atoms with van der Waals surface area (Å²) < 4.78 is 0. The van der Waals surface area contributed by atoms with Gasteiger partial charge in [-0.15, -0.1) is 0 Å². The van der Waals surface area contributed by atoms with Crippen molar-refractivity contribution in [3.05, 3.63) is 30.1 Å². The molecule has 1 fully saturated rings. The predicted octanol–water partition coefficient (Wildman–Crippen LogP) is 1.08. The fourth-order valence-electron chi connectivity index (χ4n) is 2.36. The van der Waals surface area contributed by atoms with Gasteiger partial charge in [0.25, 0.3) is 0 Å². The molecule has 0 radical (unpaired) electrons. The molecule has 1 saturated heterocycles. The van der Waals surface area contributed by atoms with Gasteiger partial charge in [-0.1, -0.05) is 0 Å². The number of carbonyl (C=O) groups is 1. The van der Waals surface area contributed by atoms with Gasteiger partial charge < -0.3 is 10.2 Å². The van der Waals surface area contributed by atoms with Crippen molar-refractivity contribution in [2.24, 2.45) is 5.92 Å². The number of piperidine rings is 1. The molecular formula is C14H21N3O. The Bertz CT molecular complexity index is 374. The van der Waals surface area contributed by atoms with E-state index in [1.807, 2.05) is 24.1 Å². The van der Waals surface area contributed by atoms with Crippen LogP contribution in [0.3, 0.4) is 0 Å². The number of likely N-dealkylation sites (N-methyl/N-ethyl adjacent to an activating group) is 1. The summed E-state index contributed by atoms with van der Waals surface area (Å²) in [6, 6.07) is 3.80. The van der Waals surface area contributed by atoms with E-state index in [1.165, 1.54) is 12.8 Å². The molecule has 0 saturated carbocycles. The van der Waals surface area contributed by atoms with E-state index in [-0.39, 0.29) is 5.91 Å². The number of amides is 1. The predicted molar refractivity (Wildman–Crippen MR) is 71.2 cm³/mol. The molecule has 18 heavy (non-hydrogen) atoms. The van der Waals surface area contributed by atoms with Crippen LogP contribution in [-0.2, 0) is 11.2 Å². The Morgan fingerprint density at radius 2 is 2.06 bits per heavy atom.